The maximum atomic E-state index is 13.4. The number of rotatable bonds is 5. The second kappa shape index (κ2) is 9.07. The summed E-state index contributed by atoms with van der Waals surface area (Å²) in [5.74, 6) is -0.659. The van der Waals surface area contributed by atoms with E-state index in [1.807, 2.05) is 41.8 Å². The molecule has 8 heteroatoms. The molecule has 1 aromatic heterocycles. The molecule has 0 aliphatic carbocycles. The van der Waals surface area contributed by atoms with Crippen LogP contribution in [0.25, 0.3) is 21.7 Å². The van der Waals surface area contributed by atoms with Crippen LogP contribution in [0.1, 0.15) is 27.9 Å². The third kappa shape index (κ3) is 4.20. The molecule has 3 unspecified atom stereocenters. The lowest BCUT2D eigenvalue weighted by atomic mass is 9.95. The van der Waals surface area contributed by atoms with E-state index < -0.39 is 36.7 Å². The van der Waals surface area contributed by atoms with Crippen molar-refractivity contribution in [2.75, 3.05) is 6.61 Å². The predicted octanol–water partition coefficient (Wildman–Crippen LogP) is 2.03. The molecule has 5 rings (SSSR count). The molecule has 1 aliphatic rings. The molecular weight excluding hydrogens is 448 g/mol. The smallest absolute Gasteiger partial charge is 0.255 e. The number of aromatic nitrogens is 1. The van der Waals surface area contributed by atoms with Crippen LogP contribution in [0.3, 0.4) is 0 Å². The molecule has 0 saturated carbocycles. The van der Waals surface area contributed by atoms with E-state index in [1.165, 1.54) is 0 Å². The van der Waals surface area contributed by atoms with E-state index in [0.717, 1.165) is 27.4 Å². The van der Waals surface area contributed by atoms with Gasteiger partial charge in [-0.05, 0) is 41.0 Å². The van der Waals surface area contributed by atoms with Crippen LogP contribution in [0.4, 0.5) is 0 Å². The van der Waals surface area contributed by atoms with Crippen molar-refractivity contribution in [3.05, 3.63) is 83.6 Å². The van der Waals surface area contributed by atoms with Crippen LogP contribution < -0.4 is 5.32 Å². The fourth-order valence-electron chi connectivity index (χ4n) is 4.82. The Balaban J connectivity index is 1.49. The average Bonchev–Trinajstić information content (AvgIpc) is 3.22. The topological polar surface area (TPSA) is 124 Å². The first kappa shape index (κ1) is 23.5. The van der Waals surface area contributed by atoms with Crippen molar-refractivity contribution in [2.24, 2.45) is 0 Å². The van der Waals surface area contributed by atoms with E-state index in [4.69, 9.17) is 4.74 Å². The van der Waals surface area contributed by atoms with Crippen molar-refractivity contribution in [2.45, 2.75) is 44.1 Å². The van der Waals surface area contributed by atoms with Gasteiger partial charge < -0.3 is 35.0 Å². The third-order valence-electron chi connectivity index (χ3n) is 6.74. The summed E-state index contributed by atoms with van der Waals surface area (Å²) in [7, 11) is 0. The fourth-order valence-corrected chi connectivity index (χ4v) is 4.82. The largest absolute Gasteiger partial charge is 0.394 e. The Morgan fingerprint density at radius 1 is 1.11 bits per heavy atom. The molecule has 1 saturated heterocycles. The summed E-state index contributed by atoms with van der Waals surface area (Å²) in [4.78, 5) is 13.4. The summed E-state index contributed by atoms with van der Waals surface area (Å²) in [6, 6.07) is 20.1. The lowest BCUT2D eigenvalue weighted by Crippen LogP contribution is -2.68. The van der Waals surface area contributed by atoms with Gasteiger partial charge in [-0.2, -0.15) is 0 Å². The number of benzene rings is 3. The van der Waals surface area contributed by atoms with E-state index in [-0.39, 0.29) is 6.42 Å². The quantitative estimate of drug-likeness (QED) is 0.281. The van der Waals surface area contributed by atoms with Crippen LogP contribution >= 0.6 is 0 Å². The van der Waals surface area contributed by atoms with Gasteiger partial charge in [0.05, 0.1) is 18.3 Å². The van der Waals surface area contributed by atoms with Gasteiger partial charge in [-0.25, -0.2) is 0 Å². The number of carbonyl (C=O) groups excluding carboxylic acids is 1. The molecule has 1 amide bonds. The van der Waals surface area contributed by atoms with Crippen LogP contribution in [-0.2, 0) is 11.3 Å². The molecule has 3 aromatic carbocycles. The number of aryl methyl sites for hydroxylation is 1. The summed E-state index contributed by atoms with van der Waals surface area (Å²) >= 11 is 0. The summed E-state index contributed by atoms with van der Waals surface area (Å²) in [6.07, 6.45) is -2.71. The number of aliphatic hydroxyl groups is 4. The SMILES string of the molecule is Cc1cccc2c1c(C(=O)N[C@]1(O)C(O)CC(CO)OC1O)cn2Cc1ccc2ccccc2c1. The Bertz CT molecular complexity index is 1390. The Kier molecular flexibility index (Phi) is 6.08. The Labute approximate surface area is 202 Å². The maximum absolute atomic E-state index is 13.4. The number of hydrogen-bond acceptors (Lipinski definition) is 6. The Hall–Kier alpha value is -3.27. The van der Waals surface area contributed by atoms with E-state index >= 15 is 0 Å². The zero-order valence-electron chi connectivity index (χ0n) is 19.3. The number of nitrogens with zero attached hydrogens (tertiary/aromatic N) is 1. The van der Waals surface area contributed by atoms with Crippen molar-refractivity contribution in [1.82, 2.24) is 9.88 Å². The van der Waals surface area contributed by atoms with Gasteiger partial charge in [0.25, 0.3) is 5.91 Å². The Morgan fingerprint density at radius 3 is 2.63 bits per heavy atom. The van der Waals surface area contributed by atoms with Crippen molar-refractivity contribution in [3.8, 4) is 0 Å². The zero-order chi connectivity index (χ0) is 24.7. The molecule has 8 nitrogen and oxygen atoms in total. The van der Waals surface area contributed by atoms with Gasteiger partial charge >= 0.3 is 0 Å². The minimum Gasteiger partial charge on any atom is -0.394 e. The van der Waals surface area contributed by atoms with Gasteiger partial charge in [-0.3, -0.25) is 4.79 Å². The molecule has 4 atom stereocenters. The first-order valence-electron chi connectivity index (χ1n) is 11.5. The molecular formula is C27H28N2O6. The summed E-state index contributed by atoms with van der Waals surface area (Å²) in [6.45, 7) is 1.99. The first-order chi connectivity index (χ1) is 16.8. The highest BCUT2D eigenvalue weighted by Gasteiger charge is 2.50. The molecule has 1 aliphatic heterocycles. The average molecular weight is 477 g/mol. The first-order valence-corrected chi connectivity index (χ1v) is 11.5. The maximum Gasteiger partial charge on any atom is 0.255 e. The molecule has 0 radical (unpaired) electrons. The van der Waals surface area contributed by atoms with Crippen molar-refractivity contribution < 1.29 is 30.0 Å². The molecule has 4 aromatic rings. The molecule has 2 heterocycles. The van der Waals surface area contributed by atoms with E-state index in [0.29, 0.717) is 17.5 Å². The van der Waals surface area contributed by atoms with Crippen molar-refractivity contribution >= 4 is 27.6 Å². The number of carbonyl (C=O) groups is 1. The molecule has 0 spiro atoms. The second-order valence-corrected chi connectivity index (χ2v) is 9.15. The monoisotopic (exact) mass is 476 g/mol. The van der Waals surface area contributed by atoms with Gasteiger partial charge in [-0.15, -0.1) is 0 Å². The van der Waals surface area contributed by atoms with Gasteiger partial charge in [0.15, 0.2) is 0 Å². The highest BCUT2D eigenvalue weighted by Crippen LogP contribution is 2.30. The number of aliphatic hydroxyl groups excluding tert-OH is 3. The van der Waals surface area contributed by atoms with Gasteiger partial charge in [0, 0.05) is 30.1 Å². The number of hydrogen-bond donors (Lipinski definition) is 5. The minimum absolute atomic E-state index is 0.146. The highest BCUT2D eigenvalue weighted by atomic mass is 16.6. The second-order valence-electron chi connectivity index (χ2n) is 9.15. The summed E-state index contributed by atoms with van der Waals surface area (Å²) in [5, 5.41) is 46.2. The molecule has 35 heavy (non-hydrogen) atoms. The van der Waals surface area contributed by atoms with Crippen LogP contribution in [0.15, 0.2) is 66.9 Å². The zero-order valence-corrected chi connectivity index (χ0v) is 19.3. The van der Waals surface area contributed by atoms with Crippen molar-refractivity contribution in [3.63, 3.8) is 0 Å². The minimum atomic E-state index is -2.42. The number of ether oxygens (including phenoxy) is 1. The predicted molar refractivity (Wildman–Crippen MR) is 131 cm³/mol. The molecule has 1 fully saturated rings. The van der Waals surface area contributed by atoms with Gasteiger partial charge in [-0.1, -0.05) is 48.5 Å². The third-order valence-corrected chi connectivity index (χ3v) is 6.74. The lowest BCUT2D eigenvalue weighted by molar-refractivity contribution is -0.306. The summed E-state index contributed by atoms with van der Waals surface area (Å²) < 4.78 is 7.13. The van der Waals surface area contributed by atoms with Crippen LogP contribution in [0.5, 0.6) is 0 Å². The molecule has 0 bridgehead atoms. The van der Waals surface area contributed by atoms with Gasteiger partial charge in [0.2, 0.25) is 12.0 Å². The van der Waals surface area contributed by atoms with Crippen molar-refractivity contribution in [1.29, 1.82) is 0 Å². The molecule has 5 N–H and O–H groups in total. The number of amides is 1. The van der Waals surface area contributed by atoms with Crippen LogP contribution in [0, 0.1) is 6.92 Å². The summed E-state index contributed by atoms with van der Waals surface area (Å²) in [5.41, 5.74) is 0.665. The van der Waals surface area contributed by atoms with E-state index in [1.54, 1.807) is 6.20 Å². The standard InChI is InChI=1S/C27H28N2O6/c1-16-5-4-8-22-24(16)21(25(32)28-27(34)23(31)12-20(15-30)35-26(27)33)14-29(22)13-17-9-10-18-6-2-3-7-19(18)11-17/h2-11,14,20,23,26,30-31,33-34H,12-13,15H2,1H3,(H,28,32)/t20?,23?,26?,27-/m0/s1. The van der Waals surface area contributed by atoms with Gasteiger partial charge in [0.1, 0.15) is 6.10 Å². The van der Waals surface area contributed by atoms with E-state index in [9.17, 15) is 25.2 Å². The Morgan fingerprint density at radius 2 is 1.89 bits per heavy atom. The molecule has 182 valence electrons. The van der Waals surface area contributed by atoms with Crippen LogP contribution in [0.2, 0.25) is 0 Å². The normalized spacial score (nSPS) is 24.7. The van der Waals surface area contributed by atoms with E-state index in [2.05, 4.69) is 35.6 Å². The fraction of sp³-hybridized carbons (Fsp3) is 0.296. The number of nitrogens with one attached hydrogen (secondary N) is 1. The van der Waals surface area contributed by atoms with Crippen LogP contribution in [-0.4, -0.2) is 61.7 Å². The lowest BCUT2D eigenvalue weighted by Gasteiger charge is -2.43. The number of fused-ring (bicyclic) bond motifs is 2. The highest BCUT2D eigenvalue weighted by molar-refractivity contribution is 6.08.